The largest absolute Gasteiger partial charge is 0.330 e. The van der Waals surface area contributed by atoms with Crippen molar-refractivity contribution < 1.29 is 0 Å². The Morgan fingerprint density at radius 2 is 2.50 bits per heavy atom. The lowest BCUT2D eigenvalue weighted by molar-refractivity contribution is 0.370. The molecule has 0 aromatic heterocycles. The fraction of sp³-hybridized carbons (Fsp3) is 1.00. The Balaban J connectivity index is 2.24. The zero-order valence-electron chi connectivity index (χ0n) is 6.68. The van der Waals surface area contributed by atoms with Gasteiger partial charge in [-0.15, -0.1) is 0 Å². The second-order valence-electron chi connectivity index (χ2n) is 3.19. The van der Waals surface area contributed by atoms with Gasteiger partial charge >= 0.3 is 0 Å². The molecule has 1 saturated heterocycles. The fourth-order valence-corrected chi connectivity index (χ4v) is 2.74. The molecule has 1 nitrogen and oxygen atoms in total. The predicted octanol–water partition coefficient (Wildman–Crippen LogP) is 1.72. The highest BCUT2D eigenvalue weighted by Gasteiger charge is 2.18. The van der Waals surface area contributed by atoms with Crippen molar-refractivity contribution >= 4 is 11.8 Å². The van der Waals surface area contributed by atoms with Gasteiger partial charge in [0.1, 0.15) is 0 Å². The minimum Gasteiger partial charge on any atom is -0.330 e. The predicted molar refractivity (Wildman–Crippen MR) is 48.3 cm³/mol. The molecule has 0 amide bonds. The van der Waals surface area contributed by atoms with Crippen LogP contribution in [0, 0.1) is 11.8 Å². The highest BCUT2D eigenvalue weighted by atomic mass is 32.2. The molecule has 0 bridgehead atoms. The van der Waals surface area contributed by atoms with Gasteiger partial charge in [-0.2, -0.15) is 11.8 Å². The molecule has 1 rings (SSSR count). The summed E-state index contributed by atoms with van der Waals surface area (Å²) in [5.41, 5.74) is 5.59. The molecule has 0 aliphatic carbocycles. The van der Waals surface area contributed by atoms with Gasteiger partial charge in [0.15, 0.2) is 0 Å². The SMILES string of the molecule is CC(CN)C1CCCSC1. The summed E-state index contributed by atoms with van der Waals surface area (Å²) in [4.78, 5) is 0. The molecule has 0 radical (unpaired) electrons. The van der Waals surface area contributed by atoms with Crippen molar-refractivity contribution in [2.24, 2.45) is 17.6 Å². The Labute approximate surface area is 67.8 Å². The van der Waals surface area contributed by atoms with Crippen LogP contribution < -0.4 is 5.73 Å². The van der Waals surface area contributed by atoms with E-state index in [4.69, 9.17) is 5.73 Å². The maximum atomic E-state index is 5.59. The van der Waals surface area contributed by atoms with Crippen molar-refractivity contribution in [1.82, 2.24) is 0 Å². The van der Waals surface area contributed by atoms with Crippen LogP contribution in [0.25, 0.3) is 0 Å². The molecule has 1 fully saturated rings. The van der Waals surface area contributed by atoms with E-state index in [1.54, 1.807) is 0 Å². The van der Waals surface area contributed by atoms with Crippen LogP contribution in [0.15, 0.2) is 0 Å². The molecule has 0 aromatic carbocycles. The molecule has 2 heteroatoms. The number of hydrogen-bond donors (Lipinski definition) is 1. The summed E-state index contributed by atoms with van der Waals surface area (Å²) in [5.74, 6) is 4.36. The van der Waals surface area contributed by atoms with Crippen molar-refractivity contribution in [3.05, 3.63) is 0 Å². The molecular weight excluding hydrogens is 142 g/mol. The van der Waals surface area contributed by atoms with Crippen LogP contribution in [-0.2, 0) is 0 Å². The third-order valence-electron chi connectivity index (χ3n) is 2.37. The van der Waals surface area contributed by atoms with Gasteiger partial charge in [-0.3, -0.25) is 0 Å². The second kappa shape index (κ2) is 4.24. The van der Waals surface area contributed by atoms with Gasteiger partial charge in [0.25, 0.3) is 0 Å². The number of rotatable bonds is 2. The Kier molecular flexibility index (Phi) is 3.57. The van der Waals surface area contributed by atoms with Gasteiger partial charge < -0.3 is 5.73 Å². The first-order chi connectivity index (χ1) is 4.84. The summed E-state index contributed by atoms with van der Waals surface area (Å²) in [6.07, 6.45) is 2.81. The van der Waals surface area contributed by atoms with Crippen LogP contribution in [0.5, 0.6) is 0 Å². The first-order valence-corrected chi connectivity index (χ1v) is 5.28. The minimum atomic E-state index is 0.743. The summed E-state index contributed by atoms with van der Waals surface area (Å²) in [5, 5.41) is 0. The maximum absolute atomic E-state index is 5.59. The summed E-state index contributed by atoms with van der Waals surface area (Å²) in [7, 11) is 0. The summed E-state index contributed by atoms with van der Waals surface area (Å²) >= 11 is 2.09. The Morgan fingerprint density at radius 1 is 1.70 bits per heavy atom. The highest BCUT2D eigenvalue weighted by molar-refractivity contribution is 7.99. The Morgan fingerprint density at radius 3 is 3.00 bits per heavy atom. The van der Waals surface area contributed by atoms with Crippen LogP contribution >= 0.6 is 11.8 Å². The van der Waals surface area contributed by atoms with Crippen molar-refractivity contribution in [1.29, 1.82) is 0 Å². The van der Waals surface area contributed by atoms with E-state index in [0.29, 0.717) is 0 Å². The normalized spacial score (nSPS) is 30.0. The first-order valence-electron chi connectivity index (χ1n) is 4.12. The van der Waals surface area contributed by atoms with Gasteiger partial charge in [-0.1, -0.05) is 6.92 Å². The van der Waals surface area contributed by atoms with Crippen LogP contribution in [0.3, 0.4) is 0 Å². The molecule has 2 N–H and O–H groups in total. The first kappa shape index (κ1) is 8.41. The smallest absolute Gasteiger partial charge is 0.00361 e. The topological polar surface area (TPSA) is 26.0 Å². The van der Waals surface area contributed by atoms with Crippen molar-refractivity contribution in [3.63, 3.8) is 0 Å². The lowest BCUT2D eigenvalue weighted by Crippen LogP contribution is -2.24. The van der Waals surface area contributed by atoms with E-state index in [0.717, 1.165) is 18.4 Å². The lowest BCUT2D eigenvalue weighted by Gasteiger charge is -2.25. The van der Waals surface area contributed by atoms with Gasteiger partial charge in [0.2, 0.25) is 0 Å². The standard InChI is InChI=1S/C8H17NS/c1-7(5-9)8-3-2-4-10-6-8/h7-8H,2-6,9H2,1H3. The average Bonchev–Trinajstić information content (AvgIpc) is 2.05. The molecule has 1 aliphatic rings. The fourth-order valence-electron chi connectivity index (χ4n) is 1.41. The van der Waals surface area contributed by atoms with E-state index < -0.39 is 0 Å². The molecule has 0 spiro atoms. The molecule has 0 aromatic rings. The molecule has 10 heavy (non-hydrogen) atoms. The quantitative estimate of drug-likeness (QED) is 0.664. The zero-order valence-corrected chi connectivity index (χ0v) is 7.49. The van der Waals surface area contributed by atoms with Crippen molar-refractivity contribution in [2.75, 3.05) is 18.1 Å². The lowest BCUT2D eigenvalue weighted by atomic mass is 9.91. The van der Waals surface area contributed by atoms with Crippen LogP contribution in [0.1, 0.15) is 19.8 Å². The Hall–Kier alpha value is 0.310. The second-order valence-corrected chi connectivity index (χ2v) is 4.34. The van der Waals surface area contributed by atoms with Crippen LogP contribution in [0.4, 0.5) is 0 Å². The summed E-state index contributed by atoms with van der Waals surface area (Å²) < 4.78 is 0. The molecular formula is C8H17NS. The van der Waals surface area contributed by atoms with Crippen LogP contribution in [-0.4, -0.2) is 18.1 Å². The van der Waals surface area contributed by atoms with Crippen molar-refractivity contribution in [2.45, 2.75) is 19.8 Å². The molecule has 1 aliphatic heterocycles. The zero-order chi connectivity index (χ0) is 7.40. The summed E-state index contributed by atoms with van der Waals surface area (Å²) in [6, 6.07) is 0. The van der Waals surface area contributed by atoms with E-state index >= 15 is 0 Å². The number of thioether (sulfide) groups is 1. The molecule has 2 unspecified atom stereocenters. The highest BCUT2D eigenvalue weighted by Crippen LogP contribution is 2.27. The Bertz CT molecular complexity index is 89.3. The average molecular weight is 159 g/mol. The minimum absolute atomic E-state index is 0.743. The van der Waals surface area contributed by atoms with E-state index in [9.17, 15) is 0 Å². The molecule has 60 valence electrons. The van der Waals surface area contributed by atoms with Gasteiger partial charge in [0.05, 0.1) is 0 Å². The third kappa shape index (κ3) is 2.17. The van der Waals surface area contributed by atoms with Crippen LogP contribution in [0.2, 0.25) is 0 Å². The number of nitrogens with two attached hydrogens (primary N) is 1. The van der Waals surface area contributed by atoms with E-state index in [1.807, 2.05) is 0 Å². The monoisotopic (exact) mass is 159 g/mol. The van der Waals surface area contributed by atoms with Gasteiger partial charge in [0, 0.05) is 0 Å². The van der Waals surface area contributed by atoms with E-state index in [2.05, 4.69) is 18.7 Å². The van der Waals surface area contributed by atoms with Gasteiger partial charge in [-0.25, -0.2) is 0 Å². The third-order valence-corrected chi connectivity index (χ3v) is 3.61. The van der Waals surface area contributed by atoms with Gasteiger partial charge in [-0.05, 0) is 42.7 Å². The molecule has 1 heterocycles. The summed E-state index contributed by atoms with van der Waals surface area (Å²) in [6.45, 7) is 3.14. The maximum Gasteiger partial charge on any atom is -0.00361 e. The van der Waals surface area contributed by atoms with E-state index in [-0.39, 0.29) is 0 Å². The van der Waals surface area contributed by atoms with E-state index in [1.165, 1.54) is 24.3 Å². The van der Waals surface area contributed by atoms with Crippen molar-refractivity contribution in [3.8, 4) is 0 Å². The number of hydrogen-bond acceptors (Lipinski definition) is 2. The molecule has 2 atom stereocenters. The molecule has 0 saturated carbocycles.